The van der Waals surface area contributed by atoms with Gasteiger partial charge >= 0.3 is 0 Å². The Morgan fingerprint density at radius 2 is 2.07 bits per heavy atom. The molecular weight excluding hydrogens is 224 g/mol. The second kappa shape index (κ2) is 4.31. The normalized spacial score (nSPS) is 10.6. The van der Waals surface area contributed by atoms with Gasteiger partial charge in [-0.15, -0.1) is 0 Å². The minimum absolute atomic E-state index is 0.282. The molecule has 4 nitrogen and oxygen atoms in total. The topological polar surface area (TPSA) is 70.0 Å². The molecule has 0 radical (unpaired) electrons. The summed E-state index contributed by atoms with van der Waals surface area (Å²) in [5.41, 5.74) is 0.282. The summed E-state index contributed by atoms with van der Waals surface area (Å²) in [5.74, 6) is -0.585. The van der Waals surface area contributed by atoms with E-state index in [0.717, 1.165) is 0 Å². The molecule has 0 amide bonds. The molecule has 0 aliphatic heterocycles. The predicted molar refractivity (Wildman–Crippen MR) is 54.5 cm³/mol. The monoisotopic (exact) mass is 230 g/mol. The fourth-order valence-electron chi connectivity index (χ4n) is 0.833. The molecular formula is C8H7ClN2O2S. The van der Waals surface area contributed by atoms with Gasteiger partial charge in [0.15, 0.2) is 5.75 Å². The van der Waals surface area contributed by atoms with Crippen molar-refractivity contribution in [1.29, 1.82) is 5.26 Å². The lowest BCUT2D eigenvalue weighted by Gasteiger charge is -2.05. The molecule has 74 valence electrons. The summed E-state index contributed by atoms with van der Waals surface area (Å²) in [4.78, 5) is 0. The minimum atomic E-state index is -3.60. The molecule has 0 aliphatic rings. The molecule has 6 heteroatoms. The van der Waals surface area contributed by atoms with Crippen LogP contribution in [0, 0.1) is 11.3 Å². The van der Waals surface area contributed by atoms with Gasteiger partial charge in [-0.1, -0.05) is 23.7 Å². The van der Waals surface area contributed by atoms with Gasteiger partial charge in [-0.2, -0.15) is 5.26 Å². The molecule has 0 bridgehead atoms. The lowest BCUT2D eigenvalue weighted by atomic mass is 10.3. The number of anilines is 1. The van der Waals surface area contributed by atoms with Crippen molar-refractivity contribution < 1.29 is 8.42 Å². The number of hydrogen-bond acceptors (Lipinski definition) is 3. The Kier molecular flexibility index (Phi) is 3.33. The average Bonchev–Trinajstić information content (AvgIpc) is 2.08. The number of rotatable bonds is 3. The second-order valence-electron chi connectivity index (χ2n) is 2.50. The van der Waals surface area contributed by atoms with Crippen LogP contribution in [0.1, 0.15) is 0 Å². The zero-order valence-electron chi connectivity index (χ0n) is 7.07. The van der Waals surface area contributed by atoms with Crippen molar-refractivity contribution in [1.82, 2.24) is 0 Å². The molecule has 1 aromatic rings. The van der Waals surface area contributed by atoms with E-state index in [1.54, 1.807) is 24.3 Å². The summed E-state index contributed by atoms with van der Waals surface area (Å²) in [6, 6.07) is 7.97. The fourth-order valence-corrected chi connectivity index (χ4v) is 1.83. The van der Waals surface area contributed by atoms with Crippen molar-refractivity contribution in [2.75, 3.05) is 10.5 Å². The van der Waals surface area contributed by atoms with E-state index in [4.69, 9.17) is 16.9 Å². The third kappa shape index (κ3) is 2.91. The molecule has 14 heavy (non-hydrogen) atoms. The number of benzene rings is 1. The Morgan fingerprint density at radius 3 is 2.64 bits per heavy atom. The minimum Gasteiger partial charge on any atom is -0.281 e. The first-order valence-electron chi connectivity index (χ1n) is 3.67. The van der Waals surface area contributed by atoms with Crippen molar-refractivity contribution >= 4 is 27.3 Å². The van der Waals surface area contributed by atoms with Crippen LogP contribution in [0.2, 0.25) is 5.02 Å². The van der Waals surface area contributed by atoms with Gasteiger partial charge in [0.2, 0.25) is 10.0 Å². The molecule has 0 atom stereocenters. The summed E-state index contributed by atoms with van der Waals surface area (Å²) >= 11 is 5.72. The van der Waals surface area contributed by atoms with Crippen LogP contribution < -0.4 is 4.72 Å². The smallest absolute Gasteiger partial charge is 0.246 e. The third-order valence-electron chi connectivity index (χ3n) is 1.39. The third-order valence-corrected chi connectivity index (χ3v) is 2.76. The number of nitrogens with one attached hydrogen (secondary N) is 1. The summed E-state index contributed by atoms with van der Waals surface area (Å²) in [5, 5.41) is 8.55. The largest absolute Gasteiger partial charge is 0.281 e. The predicted octanol–water partition coefficient (Wildman–Crippen LogP) is 1.61. The number of halogens is 1. The molecule has 1 aromatic carbocycles. The second-order valence-corrected chi connectivity index (χ2v) is 4.63. The molecule has 0 saturated heterocycles. The number of para-hydroxylation sites is 1. The Bertz CT molecular complexity index is 464. The van der Waals surface area contributed by atoms with Crippen molar-refractivity contribution in [2.24, 2.45) is 0 Å². The molecule has 1 rings (SSSR count). The molecule has 0 fully saturated rings. The van der Waals surface area contributed by atoms with Crippen molar-refractivity contribution in [3.05, 3.63) is 29.3 Å². The summed E-state index contributed by atoms with van der Waals surface area (Å²) < 4.78 is 24.5. The van der Waals surface area contributed by atoms with Crippen LogP contribution in [0.15, 0.2) is 24.3 Å². The maximum absolute atomic E-state index is 11.2. The first-order chi connectivity index (χ1) is 6.55. The van der Waals surface area contributed by atoms with E-state index in [-0.39, 0.29) is 5.69 Å². The highest BCUT2D eigenvalue weighted by Crippen LogP contribution is 2.21. The van der Waals surface area contributed by atoms with Gasteiger partial charge in [0.05, 0.1) is 16.8 Å². The Balaban J connectivity index is 2.91. The van der Waals surface area contributed by atoms with Crippen LogP contribution in [0.5, 0.6) is 0 Å². The fraction of sp³-hybridized carbons (Fsp3) is 0.125. The lowest BCUT2D eigenvalue weighted by Crippen LogP contribution is -2.15. The maximum atomic E-state index is 11.2. The molecule has 1 N–H and O–H groups in total. The van der Waals surface area contributed by atoms with Crippen LogP contribution in [-0.2, 0) is 10.0 Å². The zero-order chi connectivity index (χ0) is 10.6. The van der Waals surface area contributed by atoms with E-state index in [0.29, 0.717) is 5.02 Å². The van der Waals surface area contributed by atoms with Gasteiger partial charge in [-0.25, -0.2) is 8.42 Å². The van der Waals surface area contributed by atoms with Gasteiger partial charge in [-0.05, 0) is 12.1 Å². The highest BCUT2D eigenvalue weighted by Gasteiger charge is 2.10. The van der Waals surface area contributed by atoms with Gasteiger partial charge in [0, 0.05) is 0 Å². The van der Waals surface area contributed by atoms with E-state index in [1.807, 2.05) is 0 Å². The van der Waals surface area contributed by atoms with Gasteiger partial charge in [-0.3, -0.25) is 4.72 Å². The summed E-state index contributed by atoms with van der Waals surface area (Å²) in [7, 11) is -3.60. The Labute approximate surface area is 87.2 Å². The Morgan fingerprint density at radius 1 is 1.43 bits per heavy atom. The first-order valence-corrected chi connectivity index (χ1v) is 5.70. The van der Waals surface area contributed by atoms with E-state index in [9.17, 15) is 8.42 Å². The maximum Gasteiger partial charge on any atom is 0.246 e. The van der Waals surface area contributed by atoms with Crippen LogP contribution >= 0.6 is 11.6 Å². The summed E-state index contributed by atoms with van der Waals surface area (Å²) in [6.45, 7) is 0. The number of sulfonamides is 1. The quantitative estimate of drug-likeness (QED) is 0.858. The van der Waals surface area contributed by atoms with Crippen LogP contribution in [0.4, 0.5) is 5.69 Å². The van der Waals surface area contributed by atoms with Gasteiger partial charge in [0.25, 0.3) is 0 Å². The summed E-state index contributed by atoms with van der Waals surface area (Å²) in [6.07, 6.45) is 0. The molecule has 0 unspecified atom stereocenters. The number of nitrogens with zero attached hydrogens (tertiary/aromatic N) is 1. The number of nitriles is 1. The average molecular weight is 231 g/mol. The van der Waals surface area contributed by atoms with Crippen LogP contribution in [0.3, 0.4) is 0 Å². The van der Waals surface area contributed by atoms with E-state index >= 15 is 0 Å². The van der Waals surface area contributed by atoms with Crippen molar-refractivity contribution in [2.45, 2.75) is 0 Å². The molecule has 0 saturated carbocycles. The molecule has 0 aliphatic carbocycles. The van der Waals surface area contributed by atoms with E-state index in [2.05, 4.69) is 4.72 Å². The lowest BCUT2D eigenvalue weighted by molar-refractivity contribution is 0.604. The van der Waals surface area contributed by atoms with Crippen LogP contribution in [-0.4, -0.2) is 14.2 Å². The van der Waals surface area contributed by atoms with Crippen molar-refractivity contribution in [3.63, 3.8) is 0 Å². The van der Waals surface area contributed by atoms with E-state index in [1.165, 1.54) is 6.07 Å². The number of hydrogen-bond donors (Lipinski definition) is 1. The molecule has 0 spiro atoms. The van der Waals surface area contributed by atoms with Gasteiger partial charge in [0.1, 0.15) is 0 Å². The highest BCUT2D eigenvalue weighted by atomic mass is 35.5. The van der Waals surface area contributed by atoms with Gasteiger partial charge < -0.3 is 0 Å². The van der Waals surface area contributed by atoms with E-state index < -0.39 is 15.8 Å². The Hall–Kier alpha value is -1.25. The van der Waals surface area contributed by atoms with Crippen LogP contribution in [0.25, 0.3) is 0 Å². The highest BCUT2D eigenvalue weighted by molar-refractivity contribution is 7.92. The molecule has 0 aromatic heterocycles. The zero-order valence-corrected chi connectivity index (χ0v) is 8.64. The first kappa shape index (κ1) is 10.8. The molecule has 0 heterocycles. The van der Waals surface area contributed by atoms with Crippen molar-refractivity contribution in [3.8, 4) is 6.07 Å². The SMILES string of the molecule is N#CCS(=O)(=O)Nc1ccccc1Cl. The standard InChI is InChI=1S/C8H7ClN2O2S/c9-7-3-1-2-4-8(7)11-14(12,13)6-5-10/h1-4,11H,6H2.